The van der Waals surface area contributed by atoms with Crippen molar-refractivity contribution in [1.29, 1.82) is 0 Å². The molecule has 9 rings (SSSR count). The van der Waals surface area contributed by atoms with Crippen LogP contribution in [0.4, 0.5) is 15.8 Å². The molecule has 4 saturated carbocycles. The highest BCUT2D eigenvalue weighted by Gasteiger charge is 2.60. The summed E-state index contributed by atoms with van der Waals surface area (Å²) in [6.07, 6.45) is 15.1. The summed E-state index contributed by atoms with van der Waals surface area (Å²) < 4.78 is 23.0. The molecule has 296 valence electrons. The Morgan fingerprint density at radius 1 is 1.00 bits per heavy atom. The van der Waals surface area contributed by atoms with E-state index in [1.807, 2.05) is 24.3 Å². The van der Waals surface area contributed by atoms with Crippen LogP contribution in [-0.2, 0) is 21.4 Å². The first-order valence-electron chi connectivity index (χ1n) is 20.9. The smallest absolute Gasteiger partial charge is 0.272 e. The summed E-state index contributed by atoms with van der Waals surface area (Å²) >= 11 is 0. The Balaban J connectivity index is 0.766. The third-order valence-electron chi connectivity index (χ3n) is 15.2. The number of nitrogens with zero attached hydrogens (tertiary/aromatic N) is 4. The first-order chi connectivity index (χ1) is 27.0. The highest BCUT2D eigenvalue weighted by molar-refractivity contribution is 5.97. The molecule has 3 heterocycles. The molecule has 0 bridgehead atoms. The van der Waals surface area contributed by atoms with E-state index in [-0.39, 0.29) is 16.7 Å². The standard InChI is InChI=1S/C44H54FN7O4/c1-43-18-16-29(53)21-26(43)10-13-30-32-14-15-35(44(32,2)19-17-33(30)43)56-20-6-4-5-7-36(54)48-28-11-8-25(9-12-28)39-38(41-46-24-47-52(41)3)40-37-31(42(55)51-50-40)22-27(45)23-34(37)49-39/h8-9,11-12,22-24,26,30,32-33,35,38-39,49H,4-7,10,13-21H2,1-3H3,(H,48,54)(H,51,55)/t26-,30-,32-,33-,35-,38?,39?,43-,44-/m0/s1. The second kappa shape index (κ2) is 14.5. The van der Waals surface area contributed by atoms with E-state index in [1.54, 1.807) is 11.7 Å². The van der Waals surface area contributed by atoms with Crippen molar-refractivity contribution in [3.63, 3.8) is 0 Å². The molecule has 5 aliphatic rings. The molecule has 4 aliphatic carbocycles. The molecule has 1 amide bonds. The molecule has 0 spiro atoms. The number of amides is 1. The van der Waals surface area contributed by atoms with E-state index in [9.17, 15) is 18.8 Å². The summed E-state index contributed by atoms with van der Waals surface area (Å²) in [5.74, 6) is 3.02. The van der Waals surface area contributed by atoms with Gasteiger partial charge in [0.25, 0.3) is 5.56 Å². The number of anilines is 2. The number of aromatic amines is 1. The van der Waals surface area contributed by atoms with Crippen LogP contribution in [0.3, 0.4) is 0 Å². The van der Waals surface area contributed by atoms with Gasteiger partial charge in [-0.05, 0) is 122 Å². The number of ketones is 1. The molecule has 2 aromatic heterocycles. The van der Waals surface area contributed by atoms with Crippen molar-refractivity contribution in [2.75, 3.05) is 17.2 Å². The molecule has 56 heavy (non-hydrogen) atoms. The number of Topliss-reactive ketones (excluding diaryl/α,β-unsaturated/α-hetero) is 1. The van der Waals surface area contributed by atoms with E-state index < -0.39 is 23.3 Å². The van der Waals surface area contributed by atoms with Gasteiger partial charge in [0.15, 0.2) is 0 Å². The minimum atomic E-state index is -0.518. The van der Waals surface area contributed by atoms with Gasteiger partial charge in [0.1, 0.15) is 23.8 Å². The lowest BCUT2D eigenvalue weighted by molar-refractivity contribution is -0.145. The van der Waals surface area contributed by atoms with Crippen molar-refractivity contribution >= 4 is 33.8 Å². The number of fused-ring (bicyclic) bond motifs is 5. The highest BCUT2D eigenvalue weighted by Crippen LogP contribution is 2.66. The minimum Gasteiger partial charge on any atom is -0.378 e. The number of aryl methyl sites for hydroxylation is 1. The van der Waals surface area contributed by atoms with E-state index in [2.05, 4.69) is 44.8 Å². The first kappa shape index (κ1) is 37.1. The predicted octanol–water partition coefficient (Wildman–Crippen LogP) is 7.99. The lowest BCUT2D eigenvalue weighted by Crippen LogP contribution is -2.54. The molecular weight excluding hydrogens is 710 g/mol. The summed E-state index contributed by atoms with van der Waals surface area (Å²) in [5, 5.41) is 18.5. The molecule has 0 saturated heterocycles. The fourth-order valence-electron chi connectivity index (χ4n) is 12.2. The lowest BCUT2D eigenvalue weighted by Gasteiger charge is -2.60. The number of nitrogens with one attached hydrogen (secondary N) is 3. The Labute approximate surface area is 327 Å². The molecule has 1 aliphatic heterocycles. The summed E-state index contributed by atoms with van der Waals surface area (Å²) in [5.41, 5.74) is 2.78. The van der Waals surface area contributed by atoms with Gasteiger partial charge in [-0.3, -0.25) is 19.1 Å². The predicted molar refractivity (Wildman–Crippen MR) is 212 cm³/mol. The van der Waals surface area contributed by atoms with Gasteiger partial charge in [-0.1, -0.05) is 32.4 Å². The van der Waals surface area contributed by atoms with Gasteiger partial charge in [-0.25, -0.2) is 14.5 Å². The largest absolute Gasteiger partial charge is 0.378 e. The van der Waals surface area contributed by atoms with E-state index in [0.29, 0.717) is 57.9 Å². The van der Waals surface area contributed by atoms with Crippen LogP contribution in [0.2, 0.25) is 0 Å². The average Bonchev–Trinajstić information content (AvgIpc) is 3.76. The molecular formula is C44H54FN7O4. The fourth-order valence-corrected chi connectivity index (χ4v) is 12.2. The Morgan fingerprint density at radius 3 is 2.62 bits per heavy atom. The quantitative estimate of drug-likeness (QED) is 0.138. The van der Waals surface area contributed by atoms with Gasteiger partial charge in [0.2, 0.25) is 5.91 Å². The summed E-state index contributed by atoms with van der Waals surface area (Å²) in [6.45, 7) is 5.77. The van der Waals surface area contributed by atoms with Gasteiger partial charge in [-0.15, -0.1) is 0 Å². The lowest BCUT2D eigenvalue weighted by atomic mass is 9.45. The van der Waals surface area contributed by atoms with Crippen molar-refractivity contribution in [1.82, 2.24) is 25.0 Å². The SMILES string of the molecule is Cn1ncnc1C1c2n[nH]c(=O)c3cc(F)cc(c23)NC1c1ccc(NC(=O)CCCCCO[C@H]2CC[C@H]3[C@@H]4CC[C@H]5CC(=O)CC[C@]5(C)[C@H]4CC[C@]23C)cc1. The van der Waals surface area contributed by atoms with Gasteiger partial charge in [0, 0.05) is 49.7 Å². The summed E-state index contributed by atoms with van der Waals surface area (Å²) in [7, 11) is 1.80. The fraction of sp³-hybridized carbons (Fsp3) is 0.591. The zero-order valence-electron chi connectivity index (χ0n) is 32.8. The van der Waals surface area contributed by atoms with Crippen LogP contribution < -0.4 is 16.2 Å². The maximum absolute atomic E-state index is 14.7. The molecule has 2 unspecified atom stereocenters. The Hall–Kier alpha value is -4.45. The number of carbonyl (C=O) groups is 2. The third kappa shape index (κ3) is 6.36. The van der Waals surface area contributed by atoms with Crippen LogP contribution in [0.5, 0.6) is 0 Å². The number of hydrogen-bond acceptors (Lipinski definition) is 8. The van der Waals surface area contributed by atoms with Crippen molar-refractivity contribution < 1.29 is 18.7 Å². The molecule has 0 radical (unpaired) electrons. The second-order valence-electron chi connectivity index (χ2n) is 18.0. The van der Waals surface area contributed by atoms with E-state index >= 15 is 0 Å². The van der Waals surface area contributed by atoms with Gasteiger partial charge >= 0.3 is 0 Å². The number of unbranched alkanes of at least 4 members (excludes halogenated alkanes) is 2. The zero-order valence-corrected chi connectivity index (χ0v) is 32.8. The number of rotatable bonds is 10. The van der Waals surface area contributed by atoms with E-state index in [4.69, 9.17) is 4.74 Å². The van der Waals surface area contributed by atoms with Crippen LogP contribution >= 0.6 is 0 Å². The van der Waals surface area contributed by atoms with Crippen molar-refractivity contribution in [3.05, 3.63) is 76.0 Å². The number of carbonyl (C=O) groups excluding carboxylic acids is 2. The molecule has 11 nitrogen and oxygen atoms in total. The van der Waals surface area contributed by atoms with E-state index in [1.165, 1.54) is 50.6 Å². The van der Waals surface area contributed by atoms with Crippen LogP contribution in [0.25, 0.3) is 10.8 Å². The van der Waals surface area contributed by atoms with Crippen molar-refractivity contribution in [3.8, 4) is 0 Å². The molecule has 9 atom stereocenters. The number of hydrogen-bond donors (Lipinski definition) is 3. The maximum Gasteiger partial charge on any atom is 0.272 e. The number of H-pyrrole nitrogens is 1. The third-order valence-corrected chi connectivity index (χ3v) is 15.2. The van der Waals surface area contributed by atoms with Gasteiger partial charge in [-0.2, -0.15) is 10.2 Å². The topological polar surface area (TPSA) is 144 Å². The number of ether oxygens (including phenoxy) is 1. The molecule has 12 heteroatoms. The zero-order chi connectivity index (χ0) is 38.8. The Kier molecular flexibility index (Phi) is 9.61. The van der Waals surface area contributed by atoms with Crippen molar-refractivity contribution in [2.45, 2.75) is 115 Å². The Morgan fingerprint density at radius 2 is 1.82 bits per heavy atom. The highest BCUT2D eigenvalue weighted by atomic mass is 19.1. The first-order valence-corrected chi connectivity index (χ1v) is 20.9. The molecule has 4 aromatic rings. The van der Waals surface area contributed by atoms with Crippen LogP contribution in [0.15, 0.2) is 47.5 Å². The van der Waals surface area contributed by atoms with Crippen LogP contribution in [-0.4, -0.2) is 49.4 Å². The normalized spacial score (nSPS) is 32.0. The molecule has 2 aromatic carbocycles. The molecule has 3 N–H and O–H groups in total. The van der Waals surface area contributed by atoms with Crippen LogP contribution in [0, 0.1) is 40.3 Å². The minimum absolute atomic E-state index is 0.0238. The monoisotopic (exact) mass is 763 g/mol. The van der Waals surface area contributed by atoms with Gasteiger partial charge < -0.3 is 15.4 Å². The number of benzene rings is 2. The number of halogens is 1. The maximum atomic E-state index is 14.7. The average molecular weight is 764 g/mol. The van der Waals surface area contributed by atoms with Crippen molar-refractivity contribution in [2.24, 2.45) is 41.5 Å². The Bertz CT molecular complexity index is 2200. The van der Waals surface area contributed by atoms with E-state index in [0.717, 1.165) is 74.9 Å². The summed E-state index contributed by atoms with van der Waals surface area (Å²) in [6, 6.07) is 9.83. The number of aromatic nitrogens is 5. The molecule has 4 fully saturated rings. The summed E-state index contributed by atoms with van der Waals surface area (Å²) in [4.78, 5) is 42.4. The van der Waals surface area contributed by atoms with Crippen LogP contribution in [0.1, 0.15) is 126 Å². The second-order valence-corrected chi connectivity index (χ2v) is 18.0. The van der Waals surface area contributed by atoms with Gasteiger partial charge in [0.05, 0.1) is 29.1 Å².